The third kappa shape index (κ3) is 2.70. The van der Waals surface area contributed by atoms with Gasteiger partial charge in [0.1, 0.15) is 11.7 Å². The van der Waals surface area contributed by atoms with E-state index in [4.69, 9.17) is 5.84 Å². The minimum atomic E-state index is 0.891. The van der Waals surface area contributed by atoms with E-state index in [1.807, 2.05) is 4.08 Å². The highest BCUT2D eigenvalue weighted by Gasteiger charge is 2.27. The number of rotatable bonds is 0. The second kappa shape index (κ2) is 6.03. The minimum absolute atomic E-state index is 0.891. The maximum atomic E-state index is 6.10. The lowest BCUT2D eigenvalue weighted by Crippen LogP contribution is -2.48. The minimum Gasteiger partial charge on any atom is -0.343 e. The quantitative estimate of drug-likeness (QED) is 0.506. The maximum Gasteiger partial charge on any atom is 0.148 e. The van der Waals surface area contributed by atoms with E-state index in [1.165, 1.54) is 17.7 Å². The Labute approximate surface area is 122 Å². The first-order valence-electron chi connectivity index (χ1n) is 6.17. The predicted octanol–water partition coefficient (Wildman–Crippen LogP) is 1.40. The highest BCUT2D eigenvalue weighted by atomic mass is 127. The van der Waals surface area contributed by atoms with Crippen LogP contribution in [-0.2, 0) is 0 Å². The average molecular weight is 361 g/mol. The summed E-state index contributed by atoms with van der Waals surface area (Å²) in [6.07, 6.45) is 3.21. The second-order valence-corrected chi connectivity index (χ2v) is 5.27. The van der Waals surface area contributed by atoms with Gasteiger partial charge in [-0.1, -0.05) is 0 Å². The van der Waals surface area contributed by atoms with E-state index >= 15 is 0 Å². The molecule has 3 N–H and O–H groups in total. The van der Waals surface area contributed by atoms with Gasteiger partial charge >= 0.3 is 0 Å². The maximum absolute atomic E-state index is 6.10. The van der Waals surface area contributed by atoms with Crippen LogP contribution >= 0.6 is 22.6 Å². The number of allylic oxidation sites excluding steroid dienone is 1. The first-order chi connectivity index (χ1) is 8.67. The third-order valence-electron chi connectivity index (χ3n) is 3.43. The predicted molar refractivity (Wildman–Crippen MR) is 83.0 cm³/mol. The van der Waals surface area contributed by atoms with Crippen molar-refractivity contribution in [2.45, 2.75) is 19.3 Å². The number of nitrogens with one attached hydrogen (secondary N) is 1. The van der Waals surface area contributed by atoms with Crippen molar-refractivity contribution < 1.29 is 0 Å². The SMILES string of the molecule is CN=C1C2=C(CCCN(C)CC2)N/C(=C/I)N1N. The Morgan fingerprint density at radius 1 is 1.39 bits per heavy atom. The molecule has 0 atom stereocenters. The van der Waals surface area contributed by atoms with Gasteiger partial charge in [-0.3, -0.25) is 4.99 Å². The van der Waals surface area contributed by atoms with Gasteiger partial charge in [0, 0.05) is 28.9 Å². The van der Waals surface area contributed by atoms with Crippen LogP contribution in [0.4, 0.5) is 0 Å². The lowest BCUT2D eigenvalue weighted by atomic mass is 10.0. The van der Waals surface area contributed by atoms with Crippen LogP contribution in [-0.4, -0.2) is 42.9 Å². The molecule has 18 heavy (non-hydrogen) atoms. The standard InChI is InChI=1S/C12H20IN5/c1-15-12-9-5-7-17(2)6-3-4-10(9)16-11(8-13)18(12)14/h8,16H,3-7,14H2,1-2H3/b11-8-,15-12?. The van der Waals surface area contributed by atoms with Gasteiger partial charge < -0.3 is 10.2 Å². The molecule has 6 heteroatoms. The lowest BCUT2D eigenvalue weighted by molar-refractivity contribution is 0.322. The van der Waals surface area contributed by atoms with Crippen molar-refractivity contribution in [3.05, 3.63) is 21.2 Å². The Morgan fingerprint density at radius 2 is 2.17 bits per heavy atom. The van der Waals surface area contributed by atoms with Crippen LogP contribution in [0.25, 0.3) is 0 Å². The monoisotopic (exact) mass is 361 g/mol. The van der Waals surface area contributed by atoms with Gasteiger partial charge in [-0.15, -0.1) is 0 Å². The van der Waals surface area contributed by atoms with Crippen molar-refractivity contribution in [3.63, 3.8) is 0 Å². The Bertz CT molecular complexity index is 413. The largest absolute Gasteiger partial charge is 0.343 e. The number of amidine groups is 1. The zero-order valence-electron chi connectivity index (χ0n) is 10.9. The summed E-state index contributed by atoms with van der Waals surface area (Å²) in [7, 11) is 3.97. The Kier molecular flexibility index (Phi) is 4.63. The van der Waals surface area contributed by atoms with Gasteiger partial charge in [-0.05, 0) is 55.4 Å². The van der Waals surface area contributed by atoms with Gasteiger partial charge in [0.2, 0.25) is 0 Å². The van der Waals surface area contributed by atoms with Crippen LogP contribution in [0, 0.1) is 0 Å². The molecule has 2 heterocycles. The van der Waals surface area contributed by atoms with Gasteiger partial charge in [0.25, 0.3) is 0 Å². The highest BCUT2D eigenvalue weighted by Crippen LogP contribution is 2.25. The molecular weight excluding hydrogens is 341 g/mol. The second-order valence-electron chi connectivity index (χ2n) is 4.65. The van der Waals surface area contributed by atoms with Crippen molar-refractivity contribution in [3.8, 4) is 0 Å². The van der Waals surface area contributed by atoms with E-state index < -0.39 is 0 Å². The fourth-order valence-electron chi connectivity index (χ4n) is 2.42. The fraction of sp³-hybridized carbons (Fsp3) is 0.583. The van der Waals surface area contributed by atoms with E-state index in [2.05, 4.69) is 44.8 Å². The molecule has 0 amide bonds. The van der Waals surface area contributed by atoms with E-state index in [1.54, 1.807) is 12.1 Å². The van der Waals surface area contributed by atoms with Crippen LogP contribution in [0.2, 0.25) is 0 Å². The molecular formula is C12H20IN5. The smallest absolute Gasteiger partial charge is 0.148 e. The Balaban J connectivity index is 2.36. The molecule has 0 unspecified atom stereocenters. The summed E-state index contributed by atoms with van der Waals surface area (Å²) >= 11 is 2.20. The zero-order chi connectivity index (χ0) is 13.1. The number of nitrogens with two attached hydrogens (primary N) is 1. The first-order valence-corrected chi connectivity index (χ1v) is 7.42. The third-order valence-corrected chi connectivity index (χ3v) is 4.02. The summed E-state index contributed by atoms with van der Waals surface area (Å²) < 4.78 is 1.96. The van der Waals surface area contributed by atoms with Crippen LogP contribution < -0.4 is 11.2 Å². The summed E-state index contributed by atoms with van der Waals surface area (Å²) in [5.41, 5.74) is 2.54. The average Bonchev–Trinajstić information content (AvgIpc) is 2.35. The van der Waals surface area contributed by atoms with Crippen molar-refractivity contribution in [2.24, 2.45) is 10.8 Å². The highest BCUT2D eigenvalue weighted by molar-refractivity contribution is 14.1. The zero-order valence-corrected chi connectivity index (χ0v) is 13.1. The number of hydrazine groups is 1. The molecule has 0 radical (unpaired) electrons. The van der Waals surface area contributed by atoms with Crippen molar-refractivity contribution >= 4 is 28.4 Å². The molecule has 0 aliphatic carbocycles. The molecule has 0 saturated heterocycles. The van der Waals surface area contributed by atoms with E-state index in [0.717, 1.165) is 37.6 Å². The topological polar surface area (TPSA) is 56.9 Å². The summed E-state index contributed by atoms with van der Waals surface area (Å²) in [4.78, 5) is 6.73. The van der Waals surface area contributed by atoms with Gasteiger partial charge in [-0.25, -0.2) is 10.9 Å². The number of hydrogen-bond acceptors (Lipinski definition) is 4. The number of nitrogens with zero attached hydrogens (tertiary/aromatic N) is 3. The Hall–Kier alpha value is -0.600. The molecule has 0 saturated carbocycles. The van der Waals surface area contributed by atoms with E-state index in [0.29, 0.717) is 0 Å². The van der Waals surface area contributed by atoms with Crippen molar-refractivity contribution in [1.29, 1.82) is 0 Å². The molecule has 5 nitrogen and oxygen atoms in total. The molecule has 2 rings (SSSR count). The van der Waals surface area contributed by atoms with Crippen LogP contribution in [0.1, 0.15) is 19.3 Å². The molecule has 0 fully saturated rings. The Morgan fingerprint density at radius 3 is 2.83 bits per heavy atom. The summed E-state index contributed by atoms with van der Waals surface area (Å²) in [6, 6.07) is 0. The summed E-state index contributed by atoms with van der Waals surface area (Å²) in [5.74, 6) is 7.89. The summed E-state index contributed by atoms with van der Waals surface area (Å²) in [6.45, 7) is 2.20. The molecule has 2 aliphatic heterocycles. The van der Waals surface area contributed by atoms with Crippen LogP contribution in [0.5, 0.6) is 0 Å². The molecule has 100 valence electrons. The van der Waals surface area contributed by atoms with Crippen molar-refractivity contribution in [1.82, 2.24) is 15.2 Å². The fourth-order valence-corrected chi connectivity index (χ4v) is 2.88. The van der Waals surface area contributed by atoms with E-state index in [-0.39, 0.29) is 0 Å². The molecule has 0 spiro atoms. The molecule has 0 aromatic rings. The lowest BCUT2D eigenvalue weighted by Gasteiger charge is -2.35. The van der Waals surface area contributed by atoms with Crippen LogP contribution in [0.15, 0.2) is 26.2 Å². The molecule has 2 aliphatic rings. The number of aliphatic imine (C=N–C) groups is 1. The first kappa shape index (κ1) is 13.8. The molecule has 0 bridgehead atoms. The molecule has 0 aromatic carbocycles. The van der Waals surface area contributed by atoms with Gasteiger partial charge in [-0.2, -0.15) is 0 Å². The summed E-state index contributed by atoms with van der Waals surface area (Å²) in [5, 5.41) is 5.08. The van der Waals surface area contributed by atoms with E-state index in [9.17, 15) is 0 Å². The normalized spacial score (nSPS) is 27.0. The van der Waals surface area contributed by atoms with Gasteiger partial charge in [0.05, 0.1) is 0 Å². The number of halogens is 1. The van der Waals surface area contributed by atoms with Gasteiger partial charge in [0.15, 0.2) is 0 Å². The van der Waals surface area contributed by atoms with Crippen molar-refractivity contribution in [2.75, 3.05) is 27.2 Å². The molecule has 0 aromatic heterocycles. The number of hydrogen-bond donors (Lipinski definition) is 2. The van der Waals surface area contributed by atoms with Crippen LogP contribution in [0.3, 0.4) is 0 Å².